The van der Waals surface area contributed by atoms with Crippen molar-refractivity contribution in [3.8, 4) is 6.07 Å². The Labute approximate surface area is 176 Å². The van der Waals surface area contributed by atoms with Crippen LogP contribution in [0.3, 0.4) is 0 Å². The Kier molecular flexibility index (Phi) is 7.55. The summed E-state index contributed by atoms with van der Waals surface area (Å²) in [4.78, 5) is 12.4. The highest BCUT2D eigenvalue weighted by Crippen LogP contribution is 2.21. The second-order valence-electron chi connectivity index (χ2n) is 6.32. The molecule has 0 saturated carbocycles. The van der Waals surface area contributed by atoms with E-state index in [1.54, 1.807) is 25.1 Å². The van der Waals surface area contributed by atoms with Gasteiger partial charge in [0.25, 0.3) is 5.91 Å². The first-order valence-electron chi connectivity index (χ1n) is 8.97. The topological polar surface area (TPSA) is 145 Å². The van der Waals surface area contributed by atoms with E-state index in [9.17, 15) is 21.6 Å². The number of amides is 1. The number of carbonyl (C=O) groups excluding carboxylic acids is 1. The van der Waals surface area contributed by atoms with Gasteiger partial charge in [-0.25, -0.2) is 21.6 Å². The van der Waals surface area contributed by atoms with Crippen LogP contribution in [-0.4, -0.2) is 35.0 Å². The first kappa shape index (κ1) is 23.3. The molecule has 0 aliphatic heterocycles. The summed E-state index contributed by atoms with van der Waals surface area (Å²) < 4.78 is 52.4. The Morgan fingerprint density at radius 2 is 1.73 bits per heavy atom. The van der Waals surface area contributed by atoms with Crippen molar-refractivity contribution < 1.29 is 21.6 Å². The fourth-order valence-electron chi connectivity index (χ4n) is 2.41. The number of hydrogen-bond donors (Lipinski definition) is 3. The molecule has 0 aromatic heterocycles. The van der Waals surface area contributed by atoms with Gasteiger partial charge in [-0.3, -0.25) is 9.52 Å². The third-order valence-electron chi connectivity index (χ3n) is 4.09. The van der Waals surface area contributed by atoms with E-state index in [2.05, 4.69) is 14.8 Å². The van der Waals surface area contributed by atoms with E-state index in [0.717, 1.165) is 0 Å². The van der Waals surface area contributed by atoms with Gasteiger partial charge in [0.1, 0.15) is 0 Å². The van der Waals surface area contributed by atoms with Gasteiger partial charge < -0.3 is 5.32 Å². The zero-order valence-electron chi connectivity index (χ0n) is 16.5. The van der Waals surface area contributed by atoms with Crippen LogP contribution in [0, 0.1) is 18.3 Å². The summed E-state index contributed by atoms with van der Waals surface area (Å²) in [6.07, 6.45) is 0.0534. The summed E-state index contributed by atoms with van der Waals surface area (Å²) in [5, 5.41) is 11.2. The van der Waals surface area contributed by atoms with Crippen molar-refractivity contribution in [1.29, 1.82) is 5.26 Å². The van der Waals surface area contributed by atoms with Crippen LogP contribution in [0.15, 0.2) is 47.4 Å². The normalized spacial score (nSPS) is 11.5. The standard InChI is InChI=1S/C19H22N4O5S2/c1-3-29(25,26)23-18-10-7-16(13-14(18)2)22-19(24)15-5-8-17(9-6-15)30(27,28)21-12-4-11-20/h5-10,13,21,23H,3-4,12H2,1-2H3,(H,22,24). The van der Waals surface area contributed by atoms with Crippen molar-refractivity contribution in [3.63, 3.8) is 0 Å². The van der Waals surface area contributed by atoms with Crippen LogP contribution in [0.4, 0.5) is 11.4 Å². The third kappa shape index (κ3) is 6.28. The molecule has 0 fully saturated rings. The average Bonchev–Trinajstić information content (AvgIpc) is 2.70. The molecule has 0 heterocycles. The van der Waals surface area contributed by atoms with Crippen LogP contribution in [0.2, 0.25) is 0 Å². The van der Waals surface area contributed by atoms with Crippen molar-refractivity contribution in [3.05, 3.63) is 53.6 Å². The molecular formula is C19H22N4O5S2. The number of nitriles is 1. The van der Waals surface area contributed by atoms with Crippen molar-refractivity contribution in [2.75, 3.05) is 22.3 Å². The molecule has 2 aromatic rings. The minimum absolute atomic E-state index is 0.00479. The van der Waals surface area contributed by atoms with Gasteiger partial charge in [-0.15, -0.1) is 0 Å². The molecule has 2 aromatic carbocycles. The lowest BCUT2D eigenvalue weighted by atomic mass is 10.1. The van der Waals surface area contributed by atoms with E-state index in [0.29, 0.717) is 16.9 Å². The molecular weight excluding hydrogens is 428 g/mol. The predicted octanol–water partition coefficient (Wildman–Crippen LogP) is 2.20. The molecule has 160 valence electrons. The van der Waals surface area contributed by atoms with Crippen molar-refractivity contribution in [2.24, 2.45) is 0 Å². The molecule has 0 spiro atoms. The zero-order chi connectivity index (χ0) is 22.4. The number of benzene rings is 2. The Bertz CT molecular complexity index is 1170. The molecule has 0 aliphatic rings. The second kappa shape index (κ2) is 9.71. The molecule has 11 heteroatoms. The highest BCUT2D eigenvalue weighted by Gasteiger charge is 2.15. The average molecular weight is 451 g/mol. The molecule has 3 N–H and O–H groups in total. The Hall–Kier alpha value is -2.94. The highest BCUT2D eigenvalue weighted by molar-refractivity contribution is 7.92. The predicted molar refractivity (Wildman–Crippen MR) is 114 cm³/mol. The number of aryl methyl sites for hydroxylation is 1. The summed E-state index contributed by atoms with van der Waals surface area (Å²) in [5.74, 6) is -0.498. The lowest BCUT2D eigenvalue weighted by Crippen LogP contribution is -2.24. The molecule has 0 saturated heterocycles. The van der Waals surface area contributed by atoms with E-state index >= 15 is 0 Å². The maximum atomic E-state index is 12.4. The summed E-state index contributed by atoms with van der Waals surface area (Å²) >= 11 is 0. The molecule has 0 atom stereocenters. The van der Waals surface area contributed by atoms with Crippen LogP contribution in [0.5, 0.6) is 0 Å². The molecule has 0 unspecified atom stereocenters. The first-order valence-corrected chi connectivity index (χ1v) is 12.1. The van der Waals surface area contributed by atoms with Crippen molar-refractivity contribution in [2.45, 2.75) is 25.2 Å². The summed E-state index contributed by atoms with van der Waals surface area (Å²) in [7, 11) is -7.16. The Morgan fingerprint density at radius 3 is 2.30 bits per heavy atom. The van der Waals surface area contributed by atoms with Crippen molar-refractivity contribution >= 4 is 37.3 Å². The van der Waals surface area contributed by atoms with Crippen molar-refractivity contribution in [1.82, 2.24) is 4.72 Å². The maximum absolute atomic E-state index is 12.4. The van der Waals surface area contributed by atoms with Crippen LogP contribution in [0.1, 0.15) is 29.3 Å². The molecule has 0 radical (unpaired) electrons. The molecule has 30 heavy (non-hydrogen) atoms. The van der Waals surface area contributed by atoms with Gasteiger partial charge in [0, 0.05) is 24.2 Å². The van der Waals surface area contributed by atoms with E-state index in [-0.39, 0.29) is 29.2 Å². The smallest absolute Gasteiger partial charge is 0.255 e. The number of carbonyl (C=O) groups is 1. The lowest BCUT2D eigenvalue weighted by Gasteiger charge is -2.12. The number of sulfonamides is 2. The molecule has 1 amide bonds. The molecule has 0 bridgehead atoms. The Morgan fingerprint density at radius 1 is 1.07 bits per heavy atom. The zero-order valence-corrected chi connectivity index (χ0v) is 18.1. The van der Waals surface area contributed by atoms with Gasteiger partial charge in [0.2, 0.25) is 20.0 Å². The van der Waals surface area contributed by atoms with E-state index in [1.165, 1.54) is 31.2 Å². The fraction of sp³-hybridized carbons (Fsp3) is 0.263. The Balaban J connectivity index is 2.09. The number of anilines is 2. The number of rotatable bonds is 9. The molecule has 0 aliphatic carbocycles. The highest BCUT2D eigenvalue weighted by atomic mass is 32.2. The largest absolute Gasteiger partial charge is 0.322 e. The minimum atomic E-state index is -3.75. The lowest BCUT2D eigenvalue weighted by molar-refractivity contribution is 0.102. The summed E-state index contributed by atoms with van der Waals surface area (Å²) in [6.45, 7) is 3.25. The quantitative estimate of drug-likeness (QED) is 0.499. The van der Waals surface area contributed by atoms with E-state index in [1.807, 2.05) is 6.07 Å². The van der Waals surface area contributed by atoms with Gasteiger partial charge in [0.15, 0.2) is 0 Å². The van der Waals surface area contributed by atoms with Gasteiger partial charge in [-0.2, -0.15) is 5.26 Å². The van der Waals surface area contributed by atoms with Crippen LogP contribution in [-0.2, 0) is 20.0 Å². The SMILES string of the molecule is CCS(=O)(=O)Nc1ccc(NC(=O)c2ccc(S(=O)(=O)NCCC#N)cc2)cc1C. The van der Waals surface area contributed by atoms with E-state index in [4.69, 9.17) is 5.26 Å². The molecule has 2 rings (SSSR count). The number of nitrogens with one attached hydrogen (secondary N) is 3. The molecule has 9 nitrogen and oxygen atoms in total. The van der Waals surface area contributed by atoms with E-state index < -0.39 is 26.0 Å². The van der Waals surface area contributed by atoms with Gasteiger partial charge in [-0.1, -0.05) is 0 Å². The third-order valence-corrected chi connectivity index (χ3v) is 6.85. The number of hydrogen-bond acceptors (Lipinski definition) is 6. The van der Waals surface area contributed by atoms with Crippen LogP contribution < -0.4 is 14.8 Å². The van der Waals surface area contributed by atoms with Gasteiger partial charge in [-0.05, 0) is 61.9 Å². The second-order valence-corrected chi connectivity index (χ2v) is 10.1. The summed E-state index contributed by atoms with van der Waals surface area (Å²) in [5.41, 5.74) is 1.77. The van der Waals surface area contributed by atoms with Gasteiger partial charge >= 0.3 is 0 Å². The van der Waals surface area contributed by atoms with Crippen LogP contribution in [0.25, 0.3) is 0 Å². The number of nitrogens with zero attached hydrogens (tertiary/aromatic N) is 1. The first-order chi connectivity index (χ1) is 14.1. The fourth-order valence-corrected chi connectivity index (χ4v) is 4.15. The monoisotopic (exact) mass is 450 g/mol. The van der Waals surface area contributed by atoms with Crippen LogP contribution >= 0.6 is 0 Å². The summed E-state index contributed by atoms with van der Waals surface area (Å²) in [6, 6.07) is 12.0. The van der Waals surface area contributed by atoms with Gasteiger partial charge in [0.05, 0.1) is 22.4 Å². The minimum Gasteiger partial charge on any atom is -0.322 e. The maximum Gasteiger partial charge on any atom is 0.255 e.